The van der Waals surface area contributed by atoms with E-state index in [1.54, 1.807) is 14.2 Å². The van der Waals surface area contributed by atoms with Crippen molar-refractivity contribution in [2.75, 3.05) is 31.0 Å². The van der Waals surface area contributed by atoms with Crippen LogP contribution in [0.15, 0.2) is 48.5 Å². The van der Waals surface area contributed by atoms with Crippen LogP contribution in [0.25, 0.3) is 0 Å². The zero-order valence-electron chi connectivity index (χ0n) is 16.4. The summed E-state index contributed by atoms with van der Waals surface area (Å²) in [6, 6.07) is 16.2. The summed E-state index contributed by atoms with van der Waals surface area (Å²) in [6.07, 6.45) is 2.21. The van der Waals surface area contributed by atoms with Gasteiger partial charge in [-0.15, -0.1) is 0 Å². The predicted octanol–water partition coefficient (Wildman–Crippen LogP) is 4.63. The van der Waals surface area contributed by atoms with Gasteiger partial charge < -0.3 is 19.7 Å². The molecule has 0 fully saturated rings. The lowest BCUT2D eigenvalue weighted by Gasteiger charge is -2.30. The van der Waals surface area contributed by atoms with Crippen molar-refractivity contribution in [1.29, 1.82) is 0 Å². The molecule has 1 aliphatic heterocycles. The molecule has 0 saturated heterocycles. The molecule has 6 heteroatoms. The average molecular weight is 376 g/mol. The molecule has 0 spiro atoms. The van der Waals surface area contributed by atoms with Crippen LogP contribution >= 0.6 is 0 Å². The lowest BCUT2D eigenvalue weighted by atomic mass is 10.0. The summed E-state index contributed by atoms with van der Waals surface area (Å²) >= 11 is 0. The number of aromatic nitrogens is 2. The SMILES string of the molecule is COc1ccc(Nc2nc(C)cc(N3CCCc4ccccc43)n2)c(OC)c1. The second kappa shape index (κ2) is 7.76. The summed E-state index contributed by atoms with van der Waals surface area (Å²) in [5.41, 5.74) is 4.28. The number of aryl methyl sites for hydroxylation is 2. The van der Waals surface area contributed by atoms with Gasteiger partial charge in [-0.25, -0.2) is 4.98 Å². The normalized spacial score (nSPS) is 13.0. The van der Waals surface area contributed by atoms with Crippen molar-refractivity contribution in [3.05, 3.63) is 59.8 Å². The first-order valence-electron chi connectivity index (χ1n) is 9.38. The number of ether oxygens (including phenoxy) is 2. The van der Waals surface area contributed by atoms with Gasteiger partial charge in [-0.2, -0.15) is 4.98 Å². The molecule has 2 aromatic carbocycles. The Hall–Kier alpha value is -3.28. The van der Waals surface area contributed by atoms with E-state index in [4.69, 9.17) is 14.5 Å². The molecule has 28 heavy (non-hydrogen) atoms. The average Bonchev–Trinajstić information content (AvgIpc) is 2.73. The monoisotopic (exact) mass is 376 g/mol. The summed E-state index contributed by atoms with van der Waals surface area (Å²) in [4.78, 5) is 11.6. The third-order valence-electron chi connectivity index (χ3n) is 4.88. The van der Waals surface area contributed by atoms with Crippen molar-refractivity contribution in [1.82, 2.24) is 9.97 Å². The zero-order valence-corrected chi connectivity index (χ0v) is 16.4. The van der Waals surface area contributed by atoms with Crippen molar-refractivity contribution in [3.63, 3.8) is 0 Å². The van der Waals surface area contributed by atoms with Crippen molar-refractivity contribution in [2.24, 2.45) is 0 Å². The van der Waals surface area contributed by atoms with Crippen LogP contribution in [0.2, 0.25) is 0 Å². The Morgan fingerprint density at radius 2 is 1.86 bits per heavy atom. The first-order chi connectivity index (χ1) is 13.7. The first kappa shape index (κ1) is 18.1. The number of methoxy groups -OCH3 is 2. The molecule has 0 saturated carbocycles. The smallest absolute Gasteiger partial charge is 0.229 e. The molecular weight excluding hydrogens is 352 g/mol. The number of benzene rings is 2. The van der Waals surface area contributed by atoms with Crippen LogP contribution in [0.3, 0.4) is 0 Å². The van der Waals surface area contributed by atoms with E-state index in [0.717, 1.165) is 42.3 Å². The van der Waals surface area contributed by atoms with E-state index in [0.29, 0.717) is 11.7 Å². The molecule has 0 aliphatic carbocycles. The van der Waals surface area contributed by atoms with Crippen LogP contribution < -0.4 is 19.7 Å². The van der Waals surface area contributed by atoms with Gasteiger partial charge in [0.25, 0.3) is 0 Å². The highest BCUT2D eigenvalue weighted by Crippen LogP contribution is 2.34. The summed E-state index contributed by atoms with van der Waals surface area (Å²) in [6.45, 7) is 2.93. The molecule has 1 aromatic heterocycles. The van der Waals surface area contributed by atoms with E-state index >= 15 is 0 Å². The Morgan fingerprint density at radius 3 is 2.68 bits per heavy atom. The fourth-order valence-electron chi connectivity index (χ4n) is 3.54. The van der Waals surface area contributed by atoms with Gasteiger partial charge in [-0.05, 0) is 43.5 Å². The van der Waals surface area contributed by atoms with E-state index in [9.17, 15) is 0 Å². The molecule has 1 N–H and O–H groups in total. The molecule has 144 valence electrons. The van der Waals surface area contributed by atoms with Crippen molar-refractivity contribution < 1.29 is 9.47 Å². The maximum Gasteiger partial charge on any atom is 0.229 e. The van der Waals surface area contributed by atoms with Gasteiger partial charge in [-0.1, -0.05) is 18.2 Å². The first-order valence-corrected chi connectivity index (χ1v) is 9.38. The zero-order chi connectivity index (χ0) is 19.5. The highest BCUT2D eigenvalue weighted by molar-refractivity contribution is 5.68. The molecule has 0 amide bonds. The summed E-state index contributed by atoms with van der Waals surface area (Å²) in [7, 11) is 3.27. The largest absolute Gasteiger partial charge is 0.497 e. The van der Waals surface area contributed by atoms with E-state index in [2.05, 4.69) is 39.5 Å². The highest BCUT2D eigenvalue weighted by atomic mass is 16.5. The Bertz CT molecular complexity index is 990. The number of nitrogens with zero attached hydrogens (tertiary/aromatic N) is 3. The second-order valence-corrected chi connectivity index (χ2v) is 6.77. The minimum absolute atomic E-state index is 0.543. The van der Waals surface area contributed by atoms with Crippen molar-refractivity contribution >= 4 is 23.1 Å². The standard InChI is InChI=1S/C22H24N4O2/c1-15-13-21(26-12-6-8-16-7-4-5-9-19(16)26)25-22(23-15)24-18-11-10-17(27-2)14-20(18)28-3/h4-5,7,9-11,13-14H,6,8,12H2,1-3H3,(H,23,24,25). The van der Waals surface area contributed by atoms with Gasteiger partial charge in [0, 0.05) is 30.1 Å². The van der Waals surface area contributed by atoms with Crippen molar-refractivity contribution in [3.8, 4) is 11.5 Å². The summed E-state index contributed by atoms with van der Waals surface area (Å²) in [5, 5.41) is 3.29. The van der Waals surface area contributed by atoms with E-state index in [1.165, 1.54) is 11.3 Å². The van der Waals surface area contributed by atoms with Gasteiger partial charge >= 0.3 is 0 Å². The topological polar surface area (TPSA) is 59.5 Å². The van der Waals surface area contributed by atoms with Gasteiger partial charge in [0.05, 0.1) is 19.9 Å². The third-order valence-corrected chi connectivity index (χ3v) is 4.88. The minimum Gasteiger partial charge on any atom is -0.497 e. The number of rotatable bonds is 5. The lowest BCUT2D eigenvalue weighted by molar-refractivity contribution is 0.395. The number of hydrogen-bond donors (Lipinski definition) is 1. The molecule has 0 unspecified atom stereocenters. The third kappa shape index (κ3) is 3.58. The van der Waals surface area contributed by atoms with Gasteiger partial charge in [0.2, 0.25) is 5.95 Å². The molecule has 3 aromatic rings. The number of anilines is 4. The molecule has 1 aliphatic rings. The lowest BCUT2D eigenvalue weighted by Crippen LogP contribution is -2.25. The molecule has 0 bridgehead atoms. The molecule has 4 rings (SSSR count). The fourth-order valence-corrected chi connectivity index (χ4v) is 3.54. The quantitative estimate of drug-likeness (QED) is 0.701. The summed E-state index contributed by atoms with van der Waals surface area (Å²) in [5.74, 6) is 2.85. The highest BCUT2D eigenvalue weighted by Gasteiger charge is 2.20. The Balaban J connectivity index is 1.68. The minimum atomic E-state index is 0.543. The number of fused-ring (bicyclic) bond motifs is 1. The Kier molecular flexibility index (Phi) is 5.02. The van der Waals surface area contributed by atoms with Crippen LogP contribution in [-0.2, 0) is 6.42 Å². The Labute approximate surface area is 165 Å². The Morgan fingerprint density at radius 1 is 1.00 bits per heavy atom. The van der Waals surface area contributed by atoms with Crippen molar-refractivity contribution in [2.45, 2.75) is 19.8 Å². The van der Waals surface area contributed by atoms with Gasteiger partial charge in [0.1, 0.15) is 17.3 Å². The van der Waals surface area contributed by atoms with Gasteiger partial charge in [0.15, 0.2) is 0 Å². The molecule has 0 atom stereocenters. The molecular formula is C22H24N4O2. The molecule has 6 nitrogen and oxygen atoms in total. The van der Waals surface area contributed by atoms with Crippen LogP contribution in [0.4, 0.5) is 23.1 Å². The number of para-hydroxylation sites is 1. The van der Waals surface area contributed by atoms with Crippen LogP contribution in [0, 0.1) is 6.92 Å². The number of nitrogens with one attached hydrogen (secondary N) is 1. The predicted molar refractivity (Wildman–Crippen MR) is 111 cm³/mol. The molecule has 0 radical (unpaired) electrons. The van der Waals surface area contributed by atoms with E-state index in [-0.39, 0.29) is 0 Å². The second-order valence-electron chi connectivity index (χ2n) is 6.77. The van der Waals surface area contributed by atoms with Crippen LogP contribution in [0.1, 0.15) is 17.7 Å². The van der Waals surface area contributed by atoms with E-state index in [1.807, 2.05) is 31.2 Å². The van der Waals surface area contributed by atoms with Gasteiger partial charge in [-0.3, -0.25) is 0 Å². The number of hydrogen-bond acceptors (Lipinski definition) is 6. The van der Waals surface area contributed by atoms with Crippen LogP contribution in [-0.4, -0.2) is 30.7 Å². The van der Waals surface area contributed by atoms with Crippen LogP contribution in [0.5, 0.6) is 11.5 Å². The molecule has 2 heterocycles. The summed E-state index contributed by atoms with van der Waals surface area (Å²) < 4.78 is 10.7. The fraction of sp³-hybridized carbons (Fsp3) is 0.273. The maximum atomic E-state index is 5.47. The maximum absolute atomic E-state index is 5.47. The van der Waals surface area contributed by atoms with E-state index < -0.39 is 0 Å².